The van der Waals surface area contributed by atoms with Crippen LogP contribution in [0.4, 0.5) is 13.2 Å². The van der Waals surface area contributed by atoms with Crippen LogP contribution in [0, 0.1) is 11.7 Å². The van der Waals surface area contributed by atoms with E-state index in [4.69, 9.17) is 9.47 Å². The zero-order valence-electron chi connectivity index (χ0n) is 21.0. The van der Waals surface area contributed by atoms with E-state index >= 15 is 0 Å². The summed E-state index contributed by atoms with van der Waals surface area (Å²) in [6.07, 6.45) is 5.16. The molecule has 1 spiro atoms. The molecular weight excluding hydrogens is 503 g/mol. The molecule has 2 atom stereocenters. The number of amides is 2. The number of rotatable bonds is 5. The van der Waals surface area contributed by atoms with Crippen molar-refractivity contribution in [3.05, 3.63) is 29.8 Å². The Morgan fingerprint density at radius 1 is 1.16 bits per heavy atom. The lowest BCUT2D eigenvalue weighted by Gasteiger charge is -2.52. The lowest BCUT2D eigenvalue weighted by atomic mass is 9.75. The number of methoxy groups -OCH3 is 1. The van der Waals surface area contributed by atoms with Gasteiger partial charge >= 0.3 is 0 Å². The Hall–Kier alpha value is -3.15. The molecule has 2 unspecified atom stereocenters. The van der Waals surface area contributed by atoms with Crippen LogP contribution in [-0.4, -0.2) is 75.3 Å². The van der Waals surface area contributed by atoms with Gasteiger partial charge in [0.05, 0.1) is 19.0 Å². The Bertz CT molecular complexity index is 1230. The number of nitrogens with one attached hydrogen (secondary N) is 2. The van der Waals surface area contributed by atoms with Crippen LogP contribution in [-0.2, 0) is 9.53 Å². The quantitative estimate of drug-likeness (QED) is 0.609. The maximum Gasteiger partial charge on any atom is 0.299 e. The number of fused-ring (bicyclic) bond motifs is 2. The predicted molar refractivity (Wildman–Crippen MR) is 128 cm³/mol. The van der Waals surface area contributed by atoms with E-state index < -0.39 is 23.9 Å². The minimum atomic E-state index is -2.78. The molecule has 2 aromatic rings. The SMILES string of the molecule is COc1cc(-c2cc(C(=O)N3C4CCC3CC(C(=O)NC3CCC5(CC3)OCC5(F)F)C4)[nH]n2)c(F)cn1. The van der Waals surface area contributed by atoms with Crippen LogP contribution in [0.15, 0.2) is 18.3 Å². The number of ether oxygens (including phenoxy) is 2. The van der Waals surface area contributed by atoms with Gasteiger partial charge in [0.15, 0.2) is 5.82 Å². The van der Waals surface area contributed by atoms with E-state index in [1.54, 1.807) is 0 Å². The molecule has 1 aliphatic carbocycles. The Morgan fingerprint density at radius 3 is 2.47 bits per heavy atom. The van der Waals surface area contributed by atoms with Crippen LogP contribution < -0.4 is 10.1 Å². The smallest absolute Gasteiger partial charge is 0.299 e. The maximum absolute atomic E-state index is 14.3. The Morgan fingerprint density at radius 2 is 1.87 bits per heavy atom. The molecule has 3 saturated heterocycles. The number of aromatic amines is 1. The summed E-state index contributed by atoms with van der Waals surface area (Å²) in [7, 11) is 1.43. The second-order valence-electron chi connectivity index (χ2n) is 10.9. The number of aromatic nitrogens is 3. The van der Waals surface area contributed by atoms with Crippen molar-refractivity contribution in [1.29, 1.82) is 0 Å². The summed E-state index contributed by atoms with van der Waals surface area (Å²) in [5, 5.41) is 9.94. The van der Waals surface area contributed by atoms with Crippen molar-refractivity contribution in [2.45, 2.75) is 81.0 Å². The summed E-state index contributed by atoms with van der Waals surface area (Å²) in [6, 6.07) is 2.63. The van der Waals surface area contributed by atoms with Crippen LogP contribution in [0.1, 0.15) is 61.9 Å². The molecule has 2 amide bonds. The molecule has 2 N–H and O–H groups in total. The second kappa shape index (κ2) is 9.25. The van der Waals surface area contributed by atoms with E-state index in [9.17, 15) is 22.8 Å². The first-order valence-corrected chi connectivity index (χ1v) is 13.1. The Kier molecular flexibility index (Phi) is 6.12. The Balaban J connectivity index is 1.07. The molecule has 4 aliphatic rings. The lowest BCUT2D eigenvalue weighted by Crippen LogP contribution is -2.65. The average Bonchev–Trinajstić information content (AvgIpc) is 3.50. The number of halogens is 3. The number of hydrogen-bond donors (Lipinski definition) is 2. The molecule has 204 valence electrons. The van der Waals surface area contributed by atoms with Gasteiger partial charge in [-0.25, -0.2) is 18.2 Å². The van der Waals surface area contributed by atoms with E-state index in [-0.39, 0.29) is 71.5 Å². The highest BCUT2D eigenvalue weighted by molar-refractivity contribution is 5.94. The summed E-state index contributed by atoms with van der Waals surface area (Å²) in [5.74, 6) is -3.65. The van der Waals surface area contributed by atoms with Crippen molar-refractivity contribution in [3.8, 4) is 17.1 Å². The van der Waals surface area contributed by atoms with Gasteiger partial charge in [-0.3, -0.25) is 14.7 Å². The fourth-order valence-electron chi connectivity index (χ4n) is 6.60. The number of pyridine rings is 1. The van der Waals surface area contributed by atoms with Crippen molar-refractivity contribution in [2.24, 2.45) is 5.92 Å². The van der Waals surface area contributed by atoms with Gasteiger partial charge in [-0.15, -0.1) is 0 Å². The molecule has 5 heterocycles. The van der Waals surface area contributed by atoms with Crippen molar-refractivity contribution in [2.75, 3.05) is 13.7 Å². The number of piperidine rings is 1. The number of nitrogens with zero attached hydrogens (tertiary/aromatic N) is 3. The average molecular weight is 534 g/mol. The molecule has 4 fully saturated rings. The van der Waals surface area contributed by atoms with Gasteiger partial charge in [-0.2, -0.15) is 5.10 Å². The minimum Gasteiger partial charge on any atom is -0.481 e. The highest BCUT2D eigenvalue weighted by Gasteiger charge is 2.64. The molecule has 0 radical (unpaired) electrons. The van der Waals surface area contributed by atoms with Crippen LogP contribution in [0.25, 0.3) is 11.3 Å². The third-order valence-corrected chi connectivity index (χ3v) is 8.80. The van der Waals surface area contributed by atoms with E-state index in [1.807, 2.05) is 4.90 Å². The molecule has 12 heteroatoms. The van der Waals surface area contributed by atoms with Crippen LogP contribution in [0.3, 0.4) is 0 Å². The van der Waals surface area contributed by atoms with Crippen molar-refractivity contribution < 1.29 is 32.2 Å². The topological polar surface area (TPSA) is 109 Å². The van der Waals surface area contributed by atoms with E-state index in [2.05, 4.69) is 20.5 Å². The van der Waals surface area contributed by atoms with Gasteiger partial charge < -0.3 is 19.7 Å². The first-order valence-electron chi connectivity index (χ1n) is 13.1. The highest BCUT2D eigenvalue weighted by Crippen LogP contribution is 2.50. The lowest BCUT2D eigenvalue weighted by molar-refractivity contribution is -0.338. The summed E-state index contributed by atoms with van der Waals surface area (Å²) >= 11 is 0. The minimum absolute atomic E-state index is 0.0674. The van der Waals surface area contributed by atoms with Crippen molar-refractivity contribution in [3.63, 3.8) is 0 Å². The molecule has 0 aromatic carbocycles. The molecule has 2 bridgehead atoms. The standard InChI is InChI=1S/C26H30F3N5O4/c1-37-22-10-18(19(27)12-30-22)20-11-21(33-32-20)24(36)34-16-2-3-17(34)9-14(8-16)23(35)31-15-4-6-25(7-5-15)26(28,29)13-38-25/h10-12,14-17H,2-9,13H2,1H3,(H,31,35)(H,32,33). The first kappa shape index (κ1) is 25.1. The summed E-state index contributed by atoms with van der Waals surface area (Å²) in [4.78, 5) is 32.1. The van der Waals surface area contributed by atoms with Crippen molar-refractivity contribution in [1.82, 2.24) is 25.4 Å². The largest absolute Gasteiger partial charge is 0.481 e. The van der Waals surface area contributed by atoms with Crippen LogP contribution in [0.2, 0.25) is 0 Å². The highest BCUT2D eigenvalue weighted by atomic mass is 19.3. The summed E-state index contributed by atoms with van der Waals surface area (Å²) < 4.78 is 52.5. The normalized spacial score (nSPS) is 31.6. The molecular formula is C26H30F3N5O4. The number of H-pyrrole nitrogens is 1. The van der Waals surface area contributed by atoms with Gasteiger partial charge in [0, 0.05) is 35.7 Å². The summed E-state index contributed by atoms with van der Waals surface area (Å²) in [5.41, 5.74) is -0.652. The Labute approximate surface area is 217 Å². The fraction of sp³-hybridized carbons (Fsp3) is 0.615. The van der Waals surface area contributed by atoms with Gasteiger partial charge in [0.25, 0.3) is 11.8 Å². The molecule has 1 saturated carbocycles. The fourth-order valence-corrected chi connectivity index (χ4v) is 6.60. The maximum atomic E-state index is 14.3. The first-order chi connectivity index (χ1) is 18.2. The number of hydrogen-bond acceptors (Lipinski definition) is 6. The molecule has 3 aliphatic heterocycles. The second-order valence-corrected chi connectivity index (χ2v) is 10.9. The van der Waals surface area contributed by atoms with Gasteiger partial charge in [0.1, 0.15) is 17.9 Å². The van der Waals surface area contributed by atoms with E-state index in [1.165, 1.54) is 19.2 Å². The number of carbonyl (C=O) groups excluding carboxylic acids is 2. The molecule has 6 rings (SSSR count). The van der Waals surface area contributed by atoms with E-state index in [0.29, 0.717) is 25.7 Å². The third kappa shape index (κ3) is 4.13. The molecule has 2 aromatic heterocycles. The number of carbonyl (C=O) groups is 2. The van der Waals surface area contributed by atoms with Gasteiger partial charge in [-0.05, 0) is 57.4 Å². The zero-order chi connectivity index (χ0) is 26.7. The third-order valence-electron chi connectivity index (χ3n) is 8.80. The van der Waals surface area contributed by atoms with Gasteiger partial charge in [0.2, 0.25) is 11.8 Å². The predicted octanol–water partition coefficient (Wildman–Crippen LogP) is 3.47. The monoisotopic (exact) mass is 533 g/mol. The molecule has 9 nitrogen and oxygen atoms in total. The summed E-state index contributed by atoms with van der Waals surface area (Å²) in [6.45, 7) is -0.515. The molecule has 38 heavy (non-hydrogen) atoms. The van der Waals surface area contributed by atoms with E-state index in [0.717, 1.165) is 19.0 Å². The van der Waals surface area contributed by atoms with Gasteiger partial charge in [-0.1, -0.05) is 0 Å². The zero-order valence-corrected chi connectivity index (χ0v) is 21.0. The van der Waals surface area contributed by atoms with Crippen LogP contribution in [0.5, 0.6) is 5.88 Å². The van der Waals surface area contributed by atoms with Crippen molar-refractivity contribution >= 4 is 11.8 Å². The van der Waals surface area contributed by atoms with Crippen LogP contribution >= 0.6 is 0 Å². The number of alkyl halides is 2.